The van der Waals surface area contributed by atoms with Crippen molar-refractivity contribution in [2.75, 3.05) is 5.32 Å². The van der Waals surface area contributed by atoms with Crippen molar-refractivity contribution in [3.8, 4) is 5.69 Å². The third-order valence-corrected chi connectivity index (χ3v) is 5.88. The van der Waals surface area contributed by atoms with Crippen LogP contribution in [0.2, 0.25) is 5.02 Å². The summed E-state index contributed by atoms with van der Waals surface area (Å²) in [4.78, 5) is 39.0. The summed E-state index contributed by atoms with van der Waals surface area (Å²) in [5, 5.41) is 4.97. The second-order valence-electron chi connectivity index (χ2n) is 6.99. The van der Waals surface area contributed by atoms with E-state index in [2.05, 4.69) is 5.32 Å². The molecule has 2 aromatic carbocycles. The second-order valence-corrected chi connectivity index (χ2v) is 8.35. The van der Waals surface area contributed by atoms with E-state index in [1.165, 1.54) is 15.9 Å². The van der Waals surface area contributed by atoms with E-state index in [9.17, 15) is 14.4 Å². The SMILES string of the molecule is Cc1ccc(-n2c(=O)c3sccc3n(CC(=O)Nc3cccc(Cl)c3)c2=O)c(C)c1. The lowest BCUT2D eigenvalue weighted by Crippen LogP contribution is -2.40. The van der Waals surface area contributed by atoms with Crippen molar-refractivity contribution < 1.29 is 4.79 Å². The molecule has 0 spiro atoms. The molecule has 0 aliphatic heterocycles. The summed E-state index contributed by atoms with van der Waals surface area (Å²) < 4.78 is 2.89. The first-order valence-corrected chi connectivity index (χ1v) is 10.5. The number of benzene rings is 2. The van der Waals surface area contributed by atoms with E-state index in [0.717, 1.165) is 15.7 Å². The molecule has 4 aromatic rings. The van der Waals surface area contributed by atoms with Gasteiger partial charge < -0.3 is 5.32 Å². The largest absolute Gasteiger partial charge is 0.336 e. The van der Waals surface area contributed by atoms with E-state index >= 15 is 0 Å². The van der Waals surface area contributed by atoms with Crippen LogP contribution in [0, 0.1) is 13.8 Å². The van der Waals surface area contributed by atoms with Crippen LogP contribution in [-0.2, 0) is 11.3 Å². The van der Waals surface area contributed by atoms with Crippen LogP contribution in [0.3, 0.4) is 0 Å². The Kier molecular flexibility index (Phi) is 5.32. The number of amides is 1. The predicted molar refractivity (Wildman–Crippen MR) is 121 cm³/mol. The van der Waals surface area contributed by atoms with E-state index in [4.69, 9.17) is 11.6 Å². The average Bonchev–Trinajstić information content (AvgIpc) is 3.17. The third kappa shape index (κ3) is 3.69. The molecule has 6 nitrogen and oxygen atoms in total. The first-order chi connectivity index (χ1) is 14.3. The molecule has 0 saturated heterocycles. The van der Waals surface area contributed by atoms with Crippen molar-refractivity contribution in [2.24, 2.45) is 0 Å². The molecular weight excluding hydrogens is 422 g/mol. The number of halogens is 1. The number of thiophene rings is 1. The maximum Gasteiger partial charge on any atom is 0.336 e. The van der Waals surface area contributed by atoms with Gasteiger partial charge in [0.1, 0.15) is 11.2 Å². The van der Waals surface area contributed by atoms with Crippen LogP contribution in [0.5, 0.6) is 0 Å². The second kappa shape index (κ2) is 7.93. The fraction of sp³-hybridized carbons (Fsp3) is 0.136. The number of aromatic nitrogens is 2. The minimum atomic E-state index is -0.556. The maximum absolute atomic E-state index is 13.3. The van der Waals surface area contributed by atoms with Gasteiger partial charge in [0.05, 0.1) is 11.2 Å². The normalized spacial score (nSPS) is 11.0. The van der Waals surface area contributed by atoms with Gasteiger partial charge in [-0.2, -0.15) is 0 Å². The molecule has 4 rings (SSSR count). The van der Waals surface area contributed by atoms with E-state index in [1.807, 2.05) is 26.0 Å². The molecule has 1 N–H and O–H groups in total. The predicted octanol–water partition coefficient (Wildman–Crippen LogP) is 4.12. The number of carbonyl (C=O) groups excluding carboxylic acids is 1. The lowest BCUT2D eigenvalue weighted by Gasteiger charge is -2.14. The zero-order valence-corrected chi connectivity index (χ0v) is 17.9. The molecule has 0 radical (unpaired) electrons. The fourth-order valence-corrected chi connectivity index (χ4v) is 4.43. The minimum Gasteiger partial charge on any atom is -0.324 e. The van der Waals surface area contributed by atoms with Gasteiger partial charge in [0.15, 0.2) is 0 Å². The van der Waals surface area contributed by atoms with Crippen molar-refractivity contribution in [1.82, 2.24) is 9.13 Å². The maximum atomic E-state index is 13.3. The molecule has 2 heterocycles. The summed E-state index contributed by atoms with van der Waals surface area (Å²) >= 11 is 7.21. The van der Waals surface area contributed by atoms with Gasteiger partial charge in [0.2, 0.25) is 5.91 Å². The van der Waals surface area contributed by atoms with Crippen molar-refractivity contribution >= 4 is 44.7 Å². The summed E-state index contributed by atoms with van der Waals surface area (Å²) in [6.07, 6.45) is 0. The highest BCUT2D eigenvalue weighted by Gasteiger charge is 2.18. The highest BCUT2D eigenvalue weighted by atomic mass is 35.5. The topological polar surface area (TPSA) is 73.1 Å². The van der Waals surface area contributed by atoms with Crippen LogP contribution in [0.4, 0.5) is 5.69 Å². The number of fused-ring (bicyclic) bond motifs is 1. The Labute approximate surface area is 181 Å². The van der Waals surface area contributed by atoms with Crippen LogP contribution >= 0.6 is 22.9 Å². The van der Waals surface area contributed by atoms with Crippen molar-refractivity contribution in [3.05, 3.63) is 90.9 Å². The molecule has 2 aromatic heterocycles. The molecular formula is C22H18ClN3O3S. The van der Waals surface area contributed by atoms with Gasteiger partial charge in [-0.15, -0.1) is 11.3 Å². The van der Waals surface area contributed by atoms with Gasteiger partial charge in [-0.25, -0.2) is 9.36 Å². The number of hydrogen-bond donors (Lipinski definition) is 1. The molecule has 1 amide bonds. The Morgan fingerprint density at radius 3 is 2.63 bits per heavy atom. The standard InChI is InChI=1S/C22H18ClN3O3S/c1-13-6-7-17(14(2)10-13)26-21(28)20-18(8-9-30-20)25(22(26)29)12-19(27)24-16-5-3-4-15(23)11-16/h3-11H,12H2,1-2H3,(H,24,27). The van der Waals surface area contributed by atoms with Crippen LogP contribution in [0.1, 0.15) is 11.1 Å². The van der Waals surface area contributed by atoms with E-state index in [1.54, 1.807) is 41.8 Å². The van der Waals surface area contributed by atoms with Gasteiger partial charge >= 0.3 is 5.69 Å². The zero-order chi connectivity index (χ0) is 21.4. The Bertz CT molecular complexity index is 1400. The lowest BCUT2D eigenvalue weighted by molar-refractivity contribution is -0.116. The summed E-state index contributed by atoms with van der Waals surface area (Å²) in [7, 11) is 0. The minimum absolute atomic E-state index is 0.232. The number of anilines is 1. The van der Waals surface area contributed by atoms with Gasteiger partial charge in [-0.1, -0.05) is 35.4 Å². The van der Waals surface area contributed by atoms with Gasteiger partial charge in [-0.3, -0.25) is 14.2 Å². The van der Waals surface area contributed by atoms with E-state index in [-0.39, 0.29) is 12.1 Å². The average molecular weight is 440 g/mol. The van der Waals surface area contributed by atoms with Crippen molar-refractivity contribution in [1.29, 1.82) is 0 Å². The molecule has 30 heavy (non-hydrogen) atoms. The van der Waals surface area contributed by atoms with Crippen molar-refractivity contribution in [2.45, 2.75) is 20.4 Å². The third-order valence-electron chi connectivity index (χ3n) is 4.76. The number of hydrogen-bond acceptors (Lipinski definition) is 4. The Balaban J connectivity index is 1.82. The highest BCUT2D eigenvalue weighted by molar-refractivity contribution is 7.17. The number of aryl methyl sites for hydroxylation is 2. The molecule has 0 bridgehead atoms. The van der Waals surface area contributed by atoms with Gasteiger partial charge in [0.25, 0.3) is 5.56 Å². The molecule has 0 saturated carbocycles. The number of rotatable bonds is 4. The molecule has 0 atom stereocenters. The van der Waals surface area contributed by atoms with Gasteiger partial charge in [0, 0.05) is 10.7 Å². The first-order valence-electron chi connectivity index (χ1n) is 9.21. The summed E-state index contributed by atoms with van der Waals surface area (Å²) in [6.45, 7) is 3.56. The summed E-state index contributed by atoms with van der Waals surface area (Å²) in [5.41, 5.74) is 2.38. The van der Waals surface area contributed by atoms with E-state index in [0.29, 0.717) is 26.6 Å². The highest BCUT2D eigenvalue weighted by Crippen LogP contribution is 2.19. The molecule has 0 aliphatic carbocycles. The van der Waals surface area contributed by atoms with Gasteiger partial charge in [-0.05, 0) is 55.1 Å². The zero-order valence-electron chi connectivity index (χ0n) is 16.3. The molecule has 0 unspecified atom stereocenters. The fourth-order valence-electron chi connectivity index (χ4n) is 3.42. The summed E-state index contributed by atoms with van der Waals surface area (Å²) in [5.74, 6) is -0.391. The number of nitrogens with zero attached hydrogens (tertiary/aromatic N) is 2. The molecule has 152 valence electrons. The van der Waals surface area contributed by atoms with Crippen LogP contribution in [0.25, 0.3) is 15.9 Å². The van der Waals surface area contributed by atoms with E-state index < -0.39 is 11.6 Å². The van der Waals surface area contributed by atoms with Crippen LogP contribution in [-0.4, -0.2) is 15.0 Å². The Morgan fingerprint density at radius 1 is 1.10 bits per heavy atom. The Hall–Kier alpha value is -3.16. The van der Waals surface area contributed by atoms with Crippen LogP contribution < -0.4 is 16.6 Å². The van der Waals surface area contributed by atoms with Crippen molar-refractivity contribution in [3.63, 3.8) is 0 Å². The number of nitrogens with one attached hydrogen (secondary N) is 1. The first kappa shape index (κ1) is 20.1. The molecule has 0 fully saturated rings. The number of carbonyl (C=O) groups is 1. The monoisotopic (exact) mass is 439 g/mol. The summed E-state index contributed by atoms with van der Waals surface area (Å²) in [6, 6.07) is 14.0. The van der Waals surface area contributed by atoms with Crippen LogP contribution in [0.15, 0.2) is 63.5 Å². The quantitative estimate of drug-likeness (QED) is 0.519. The lowest BCUT2D eigenvalue weighted by atomic mass is 10.1. The Morgan fingerprint density at radius 2 is 1.90 bits per heavy atom. The smallest absolute Gasteiger partial charge is 0.324 e. The molecule has 8 heteroatoms. The molecule has 0 aliphatic rings.